The zero-order valence-electron chi connectivity index (χ0n) is 13.5. The summed E-state index contributed by atoms with van der Waals surface area (Å²) in [7, 11) is 0. The van der Waals surface area contributed by atoms with Crippen molar-refractivity contribution in [3.63, 3.8) is 0 Å². The first-order valence-corrected chi connectivity index (χ1v) is 8.29. The Balaban J connectivity index is 1.60. The molecule has 1 aromatic heterocycles. The molecule has 128 valence electrons. The fraction of sp³-hybridized carbons (Fsp3) is 0.438. The smallest absolute Gasteiger partial charge is 0.273 e. The van der Waals surface area contributed by atoms with Crippen LogP contribution in [0.5, 0.6) is 0 Å². The molecule has 3 rings (SSSR count). The van der Waals surface area contributed by atoms with Gasteiger partial charge in [0.15, 0.2) is 5.69 Å². The molecular weight excluding hydrogens is 330 g/mol. The van der Waals surface area contributed by atoms with E-state index in [-0.39, 0.29) is 5.91 Å². The Hall–Kier alpha value is -1.96. The molecule has 0 aliphatic carbocycles. The summed E-state index contributed by atoms with van der Waals surface area (Å²) < 4.78 is 5.31. The van der Waals surface area contributed by atoms with E-state index in [9.17, 15) is 4.79 Å². The van der Waals surface area contributed by atoms with Crippen molar-refractivity contribution in [1.29, 1.82) is 0 Å². The first kappa shape index (κ1) is 16.9. The third kappa shape index (κ3) is 4.11. The lowest BCUT2D eigenvalue weighted by Crippen LogP contribution is -2.41. The topological polar surface area (TPSA) is 72.3 Å². The number of carbonyl (C=O) groups excluding carboxylic acids is 1. The number of ether oxygens (including phenoxy) is 1. The monoisotopic (exact) mass is 349 g/mol. The van der Waals surface area contributed by atoms with Crippen molar-refractivity contribution in [2.75, 3.05) is 39.4 Å². The molecule has 1 fully saturated rings. The van der Waals surface area contributed by atoms with E-state index in [2.05, 4.69) is 20.4 Å². The standard InChI is InChI=1S/C16H20ClN5O2/c1-12-15(16(23)18-5-6-21-7-9-24-10-8-21)20-22(19-12)14-4-2-3-13(17)11-14/h2-4,11H,5-10H2,1H3,(H,18,23). The molecule has 0 spiro atoms. The van der Waals surface area contributed by atoms with Crippen LogP contribution < -0.4 is 5.32 Å². The zero-order chi connectivity index (χ0) is 16.9. The zero-order valence-corrected chi connectivity index (χ0v) is 14.3. The number of aromatic nitrogens is 3. The summed E-state index contributed by atoms with van der Waals surface area (Å²) in [4.78, 5) is 16.0. The minimum absolute atomic E-state index is 0.214. The molecule has 0 saturated carbocycles. The quantitative estimate of drug-likeness (QED) is 0.880. The van der Waals surface area contributed by atoms with Crippen LogP contribution in [0.2, 0.25) is 5.02 Å². The number of nitrogens with zero attached hydrogens (tertiary/aromatic N) is 4. The average Bonchev–Trinajstić information content (AvgIpc) is 2.98. The van der Waals surface area contributed by atoms with Gasteiger partial charge in [-0.15, -0.1) is 5.10 Å². The normalized spacial score (nSPS) is 15.4. The van der Waals surface area contributed by atoms with Gasteiger partial charge in [0.25, 0.3) is 5.91 Å². The van der Waals surface area contributed by atoms with Crippen LogP contribution in [-0.4, -0.2) is 65.2 Å². The summed E-state index contributed by atoms with van der Waals surface area (Å²) in [6.45, 7) is 6.45. The van der Waals surface area contributed by atoms with Crippen LogP contribution in [0.1, 0.15) is 16.2 Å². The Kier molecular flexibility index (Phi) is 5.44. The van der Waals surface area contributed by atoms with Crippen LogP contribution in [0.3, 0.4) is 0 Å². The molecule has 1 amide bonds. The molecule has 1 aromatic carbocycles. The molecule has 0 unspecified atom stereocenters. The van der Waals surface area contributed by atoms with E-state index in [4.69, 9.17) is 16.3 Å². The van der Waals surface area contributed by atoms with Crippen LogP contribution in [0.4, 0.5) is 0 Å². The summed E-state index contributed by atoms with van der Waals surface area (Å²) in [5, 5.41) is 12.1. The Bertz CT molecular complexity index is 712. The van der Waals surface area contributed by atoms with Gasteiger partial charge in [0.05, 0.1) is 24.6 Å². The van der Waals surface area contributed by atoms with Crippen molar-refractivity contribution in [3.05, 3.63) is 40.7 Å². The lowest BCUT2D eigenvalue weighted by molar-refractivity contribution is 0.0383. The Morgan fingerprint density at radius 3 is 2.88 bits per heavy atom. The average molecular weight is 350 g/mol. The molecule has 8 heteroatoms. The van der Waals surface area contributed by atoms with E-state index in [1.807, 2.05) is 12.1 Å². The molecule has 0 atom stereocenters. The summed E-state index contributed by atoms with van der Waals surface area (Å²) >= 11 is 5.98. The molecule has 1 saturated heterocycles. The molecule has 0 bridgehead atoms. The van der Waals surface area contributed by atoms with E-state index < -0.39 is 0 Å². The first-order valence-electron chi connectivity index (χ1n) is 7.91. The third-order valence-electron chi connectivity index (χ3n) is 3.85. The number of amides is 1. The Labute approximate surface area is 145 Å². The molecule has 7 nitrogen and oxygen atoms in total. The van der Waals surface area contributed by atoms with E-state index in [0.717, 1.165) is 38.5 Å². The number of hydrogen-bond donors (Lipinski definition) is 1. The fourth-order valence-electron chi connectivity index (χ4n) is 2.54. The Morgan fingerprint density at radius 1 is 1.33 bits per heavy atom. The number of carbonyl (C=O) groups is 1. The molecule has 2 aromatic rings. The highest BCUT2D eigenvalue weighted by Gasteiger charge is 2.17. The van der Waals surface area contributed by atoms with Gasteiger partial charge in [0.2, 0.25) is 0 Å². The highest BCUT2D eigenvalue weighted by atomic mass is 35.5. The van der Waals surface area contributed by atoms with Crippen LogP contribution in [-0.2, 0) is 4.74 Å². The minimum atomic E-state index is -0.214. The van der Waals surface area contributed by atoms with Gasteiger partial charge in [0, 0.05) is 31.2 Å². The summed E-state index contributed by atoms with van der Waals surface area (Å²) in [5.74, 6) is -0.214. The molecule has 1 aliphatic heterocycles. The molecule has 24 heavy (non-hydrogen) atoms. The van der Waals surface area contributed by atoms with Gasteiger partial charge in [0.1, 0.15) is 0 Å². The fourth-order valence-corrected chi connectivity index (χ4v) is 2.73. The van der Waals surface area contributed by atoms with E-state index in [1.54, 1.807) is 19.1 Å². The van der Waals surface area contributed by atoms with Gasteiger partial charge in [-0.1, -0.05) is 17.7 Å². The summed E-state index contributed by atoms with van der Waals surface area (Å²) in [5.41, 5.74) is 1.63. The van der Waals surface area contributed by atoms with Crippen LogP contribution >= 0.6 is 11.6 Å². The SMILES string of the molecule is Cc1nn(-c2cccc(Cl)c2)nc1C(=O)NCCN1CCOCC1. The number of rotatable bonds is 5. The number of hydrogen-bond acceptors (Lipinski definition) is 5. The second-order valence-corrected chi connectivity index (χ2v) is 6.05. The number of morpholine rings is 1. The van der Waals surface area contributed by atoms with Crippen LogP contribution in [0, 0.1) is 6.92 Å². The van der Waals surface area contributed by atoms with Crippen molar-refractivity contribution in [1.82, 2.24) is 25.2 Å². The molecule has 2 heterocycles. The van der Waals surface area contributed by atoms with Crippen molar-refractivity contribution >= 4 is 17.5 Å². The maximum Gasteiger partial charge on any atom is 0.273 e. The lowest BCUT2D eigenvalue weighted by Gasteiger charge is -2.26. The van der Waals surface area contributed by atoms with Crippen molar-refractivity contribution in [3.8, 4) is 5.69 Å². The van der Waals surface area contributed by atoms with Crippen molar-refractivity contribution < 1.29 is 9.53 Å². The third-order valence-corrected chi connectivity index (χ3v) is 4.09. The van der Waals surface area contributed by atoms with Gasteiger partial charge in [-0.05, 0) is 25.1 Å². The van der Waals surface area contributed by atoms with Crippen LogP contribution in [0.15, 0.2) is 24.3 Å². The van der Waals surface area contributed by atoms with Gasteiger partial charge in [-0.2, -0.15) is 9.90 Å². The predicted molar refractivity (Wildman–Crippen MR) is 90.7 cm³/mol. The van der Waals surface area contributed by atoms with E-state index in [0.29, 0.717) is 23.0 Å². The van der Waals surface area contributed by atoms with Crippen molar-refractivity contribution in [2.45, 2.75) is 6.92 Å². The van der Waals surface area contributed by atoms with Crippen molar-refractivity contribution in [2.24, 2.45) is 0 Å². The highest BCUT2D eigenvalue weighted by Crippen LogP contribution is 2.14. The second kappa shape index (κ2) is 7.74. The van der Waals surface area contributed by atoms with Gasteiger partial charge in [-0.25, -0.2) is 0 Å². The van der Waals surface area contributed by atoms with Gasteiger partial charge < -0.3 is 10.1 Å². The second-order valence-electron chi connectivity index (χ2n) is 5.61. The van der Waals surface area contributed by atoms with E-state index >= 15 is 0 Å². The maximum absolute atomic E-state index is 12.3. The van der Waals surface area contributed by atoms with Gasteiger partial charge in [-0.3, -0.25) is 9.69 Å². The molecular formula is C16H20ClN5O2. The maximum atomic E-state index is 12.3. The number of benzene rings is 1. The molecule has 1 N–H and O–H groups in total. The highest BCUT2D eigenvalue weighted by molar-refractivity contribution is 6.30. The van der Waals surface area contributed by atoms with E-state index in [1.165, 1.54) is 4.80 Å². The number of halogens is 1. The number of aryl methyl sites for hydroxylation is 1. The predicted octanol–water partition coefficient (Wildman–Crippen LogP) is 1.29. The number of nitrogens with one attached hydrogen (secondary N) is 1. The van der Waals surface area contributed by atoms with Crippen LogP contribution in [0.25, 0.3) is 5.69 Å². The minimum Gasteiger partial charge on any atom is -0.379 e. The summed E-state index contributed by atoms with van der Waals surface area (Å²) in [6.07, 6.45) is 0. The Morgan fingerprint density at radius 2 is 2.12 bits per heavy atom. The molecule has 0 radical (unpaired) electrons. The molecule has 1 aliphatic rings. The largest absolute Gasteiger partial charge is 0.379 e. The summed E-state index contributed by atoms with van der Waals surface area (Å²) in [6, 6.07) is 7.19. The first-order chi connectivity index (χ1) is 11.6. The van der Waals surface area contributed by atoms with Gasteiger partial charge >= 0.3 is 0 Å². The lowest BCUT2D eigenvalue weighted by atomic mass is 10.3.